The third-order valence-electron chi connectivity index (χ3n) is 3.84. The van der Waals surface area contributed by atoms with Gasteiger partial charge in [0.2, 0.25) is 11.1 Å². The predicted molar refractivity (Wildman–Crippen MR) is 94.5 cm³/mol. The van der Waals surface area contributed by atoms with E-state index in [1.54, 1.807) is 17.0 Å². The van der Waals surface area contributed by atoms with Crippen LogP contribution in [0.1, 0.15) is 23.8 Å². The van der Waals surface area contributed by atoms with E-state index < -0.39 is 0 Å². The Morgan fingerprint density at radius 2 is 2.16 bits per heavy atom. The Hall–Kier alpha value is -2.61. The Labute approximate surface area is 149 Å². The normalized spacial score (nSPS) is 12.1. The van der Waals surface area contributed by atoms with E-state index in [2.05, 4.69) is 27.8 Å². The molecule has 0 aliphatic heterocycles. The van der Waals surface area contributed by atoms with Crippen LogP contribution in [0.5, 0.6) is 0 Å². The average Bonchev–Trinajstić information content (AvgIpc) is 3.27. The summed E-state index contributed by atoms with van der Waals surface area (Å²) >= 11 is 1.31. The van der Waals surface area contributed by atoms with E-state index >= 15 is 0 Å². The van der Waals surface area contributed by atoms with Gasteiger partial charge >= 0.3 is 0 Å². The maximum atomic E-state index is 12.3. The van der Waals surface area contributed by atoms with Crippen LogP contribution in [0.25, 0.3) is 5.69 Å². The Morgan fingerprint density at radius 3 is 2.88 bits per heavy atom. The van der Waals surface area contributed by atoms with Gasteiger partial charge in [0.1, 0.15) is 5.76 Å². The minimum atomic E-state index is -0.341. The van der Waals surface area contributed by atoms with Crippen molar-refractivity contribution >= 4 is 17.7 Å². The highest BCUT2D eigenvalue weighted by Gasteiger charge is 2.19. The summed E-state index contributed by atoms with van der Waals surface area (Å²) in [6.07, 6.45) is 1.58. The van der Waals surface area contributed by atoms with Crippen molar-refractivity contribution in [3.63, 3.8) is 0 Å². The fourth-order valence-electron chi connectivity index (χ4n) is 2.21. The number of hydrogen-bond donors (Lipinski definition) is 1. The largest absolute Gasteiger partial charge is 0.467 e. The number of carbonyl (C=O) groups excluding carboxylic acids is 1. The number of amides is 1. The zero-order valence-electron chi connectivity index (χ0n) is 14.3. The van der Waals surface area contributed by atoms with E-state index in [1.807, 2.05) is 38.1 Å². The minimum Gasteiger partial charge on any atom is -0.467 e. The van der Waals surface area contributed by atoms with Crippen LogP contribution in [0.3, 0.4) is 0 Å². The molecule has 3 rings (SSSR count). The van der Waals surface area contributed by atoms with Gasteiger partial charge in [0, 0.05) is 0 Å². The number of thioether (sulfide) groups is 1. The highest BCUT2D eigenvalue weighted by Crippen LogP contribution is 2.24. The van der Waals surface area contributed by atoms with Crippen molar-refractivity contribution < 1.29 is 9.21 Å². The van der Waals surface area contributed by atoms with Gasteiger partial charge in [-0.1, -0.05) is 17.8 Å². The lowest BCUT2D eigenvalue weighted by Crippen LogP contribution is -2.30. The van der Waals surface area contributed by atoms with Crippen LogP contribution in [0.4, 0.5) is 0 Å². The highest BCUT2D eigenvalue weighted by molar-refractivity contribution is 8.00. The zero-order valence-corrected chi connectivity index (χ0v) is 15.1. The number of carbonyl (C=O) groups is 1. The van der Waals surface area contributed by atoms with Crippen molar-refractivity contribution in [3.8, 4) is 5.69 Å². The minimum absolute atomic E-state index is 0.101. The quantitative estimate of drug-likeness (QED) is 0.683. The Balaban J connectivity index is 1.67. The number of nitrogens with zero attached hydrogens (tertiary/aromatic N) is 4. The Morgan fingerprint density at radius 1 is 1.32 bits per heavy atom. The summed E-state index contributed by atoms with van der Waals surface area (Å²) in [5.74, 6) is 0.613. The molecule has 7 nitrogen and oxygen atoms in total. The van der Waals surface area contributed by atoms with E-state index in [1.165, 1.54) is 17.3 Å². The predicted octanol–water partition coefficient (Wildman–Crippen LogP) is 2.67. The molecule has 0 aliphatic carbocycles. The molecular weight excluding hydrogens is 338 g/mol. The summed E-state index contributed by atoms with van der Waals surface area (Å²) in [4.78, 5) is 12.3. The van der Waals surface area contributed by atoms with Gasteiger partial charge in [0.15, 0.2) is 0 Å². The number of hydrogen-bond acceptors (Lipinski definition) is 6. The topological polar surface area (TPSA) is 85.8 Å². The maximum absolute atomic E-state index is 12.3. The number of aromatic nitrogens is 4. The standard InChI is InChI=1S/C17H19N5O2S/c1-11-6-7-14(9-12(11)2)22-17(19-20-21-22)25-13(3)16(23)18-10-15-5-4-8-24-15/h4-9,13H,10H2,1-3H3,(H,18,23)/t13-/m0/s1. The summed E-state index contributed by atoms with van der Waals surface area (Å²) in [5.41, 5.74) is 3.24. The molecule has 2 aromatic heterocycles. The van der Waals surface area contributed by atoms with Gasteiger partial charge in [-0.05, 0) is 66.6 Å². The molecule has 0 saturated heterocycles. The molecule has 0 unspecified atom stereocenters. The van der Waals surface area contributed by atoms with Gasteiger partial charge in [-0.3, -0.25) is 4.79 Å². The summed E-state index contributed by atoms with van der Waals surface area (Å²) < 4.78 is 6.86. The van der Waals surface area contributed by atoms with Crippen LogP contribution in [0.2, 0.25) is 0 Å². The maximum Gasteiger partial charge on any atom is 0.233 e. The molecule has 130 valence electrons. The first-order valence-electron chi connectivity index (χ1n) is 7.87. The zero-order chi connectivity index (χ0) is 17.8. The fraction of sp³-hybridized carbons (Fsp3) is 0.294. The van der Waals surface area contributed by atoms with Crippen molar-refractivity contribution in [1.82, 2.24) is 25.5 Å². The van der Waals surface area contributed by atoms with Crippen LogP contribution in [-0.2, 0) is 11.3 Å². The second kappa shape index (κ2) is 7.52. The Bertz CT molecular complexity index is 860. The van der Waals surface area contributed by atoms with E-state index in [0.717, 1.165) is 11.3 Å². The van der Waals surface area contributed by atoms with Crippen molar-refractivity contribution in [2.24, 2.45) is 0 Å². The molecule has 1 N–H and O–H groups in total. The third kappa shape index (κ3) is 4.08. The van der Waals surface area contributed by atoms with E-state index in [4.69, 9.17) is 4.42 Å². The summed E-state index contributed by atoms with van der Waals surface area (Å²) in [7, 11) is 0. The molecular formula is C17H19N5O2S. The Kier molecular flexibility index (Phi) is 5.18. The average molecular weight is 357 g/mol. The van der Waals surface area contributed by atoms with Gasteiger partial charge in [-0.2, -0.15) is 4.68 Å². The van der Waals surface area contributed by atoms with Gasteiger partial charge in [-0.15, -0.1) is 5.10 Å². The first-order valence-corrected chi connectivity index (χ1v) is 8.75. The molecule has 25 heavy (non-hydrogen) atoms. The molecule has 0 spiro atoms. The third-order valence-corrected chi connectivity index (χ3v) is 4.88. The molecule has 1 amide bonds. The summed E-state index contributed by atoms with van der Waals surface area (Å²) in [6, 6.07) is 9.62. The molecule has 0 radical (unpaired) electrons. The number of rotatable bonds is 6. The first-order chi connectivity index (χ1) is 12.0. The number of aryl methyl sites for hydroxylation is 2. The second-order valence-corrected chi connectivity index (χ2v) is 7.01. The lowest BCUT2D eigenvalue weighted by Gasteiger charge is -2.11. The van der Waals surface area contributed by atoms with Crippen LogP contribution in [-0.4, -0.2) is 31.4 Å². The van der Waals surface area contributed by atoms with Gasteiger partial charge in [0.05, 0.1) is 23.7 Å². The van der Waals surface area contributed by atoms with Crippen LogP contribution in [0.15, 0.2) is 46.2 Å². The molecule has 0 saturated carbocycles. The van der Waals surface area contributed by atoms with E-state index in [0.29, 0.717) is 17.5 Å². The molecule has 2 heterocycles. The van der Waals surface area contributed by atoms with Crippen LogP contribution < -0.4 is 5.32 Å². The first kappa shape index (κ1) is 17.2. The monoisotopic (exact) mass is 357 g/mol. The molecule has 0 aliphatic rings. The van der Waals surface area contributed by atoms with Gasteiger partial charge in [0.25, 0.3) is 0 Å². The van der Waals surface area contributed by atoms with Gasteiger partial charge < -0.3 is 9.73 Å². The smallest absolute Gasteiger partial charge is 0.233 e. The number of nitrogens with one attached hydrogen (secondary N) is 1. The molecule has 0 bridgehead atoms. The number of furan rings is 1. The van der Waals surface area contributed by atoms with Crippen LogP contribution in [0, 0.1) is 13.8 Å². The van der Waals surface area contributed by atoms with E-state index in [9.17, 15) is 4.79 Å². The van der Waals surface area contributed by atoms with Crippen LogP contribution >= 0.6 is 11.8 Å². The SMILES string of the molecule is Cc1ccc(-n2nnnc2S[C@@H](C)C(=O)NCc2ccco2)cc1C. The number of benzene rings is 1. The lowest BCUT2D eigenvalue weighted by molar-refractivity contribution is -0.120. The fourth-order valence-corrected chi connectivity index (χ4v) is 3.05. The molecule has 1 aromatic carbocycles. The molecule has 3 aromatic rings. The van der Waals surface area contributed by atoms with Gasteiger partial charge in [-0.25, -0.2) is 0 Å². The van der Waals surface area contributed by atoms with E-state index in [-0.39, 0.29) is 11.2 Å². The van der Waals surface area contributed by atoms with Crippen molar-refractivity contribution in [2.45, 2.75) is 37.7 Å². The summed E-state index contributed by atoms with van der Waals surface area (Å²) in [6.45, 7) is 6.28. The van der Waals surface area contributed by atoms with Crippen molar-refractivity contribution in [2.75, 3.05) is 0 Å². The molecule has 1 atom stereocenters. The van der Waals surface area contributed by atoms with Crippen molar-refractivity contribution in [1.29, 1.82) is 0 Å². The highest BCUT2D eigenvalue weighted by atomic mass is 32.2. The molecule has 8 heteroatoms. The van der Waals surface area contributed by atoms with Crippen molar-refractivity contribution in [3.05, 3.63) is 53.5 Å². The summed E-state index contributed by atoms with van der Waals surface area (Å²) in [5, 5.41) is 14.9. The second-order valence-electron chi connectivity index (χ2n) is 5.70. The molecule has 0 fully saturated rings. The lowest BCUT2D eigenvalue weighted by atomic mass is 10.1. The number of tetrazole rings is 1.